The largest absolute Gasteiger partial charge is 0.338 e. The van der Waals surface area contributed by atoms with Crippen LogP contribution >= 0.6 is 16.1 Å². The first-order valence-electron chi connectivity index (χ1n) is 4.67. The fourth-order valence-corrected chi connectivity index (χ4v) is 1.80. The van der Waals surface area contributed by atoms with Gasteiger partial charge in [0.1, 0.15) is 0 Å². The number of carbonyl (C=O) groups excluding carboxylic acids is 1. The first-order valence-corrected chi connectivity index (χ1v) is 5.38. The predicted molar refractivity (Wildman–Crippen MR) is 55.7 cm³/mol. The standard InChI is InChI=1S/C8H16BrN3O/c1-2-10-8(13)11-7-3-5-12(9)6-4-7/h7H,2-6H2,1H3,(H2,10,11,13). The van der Waals surface area contributed by atoms with Crippen LogP contribution in [-0.4, -0.2) is 35.6 Å². The molecule has 0 radical (unpaired) electrons. The molecular weight excluding hydrogens is 234 g/mol. The second kappa shape index (κ2) is 5.44. The fourth-order valence-electron chi connectivity index (χ4n) is 1.39. The monoisotopic (exact) mass is 249 g/mol. The molecule has 76 valence electrons. The maximum Gasteiger partial charge on any atom is 0.314 e. The molecule has 0 spiro atoms. The highest BCUT2D eigenvalue weighted by Gasteiger charge is 2.18. The van der Waals surface area contributed by atoms with Gasteiger partial charge in [-0.1, -0.05) is 0 Å². The maximum absolute atomic E-state index is 11.1. The average Bonchev–Trinajstić information content (AvgIpc) is 2.09. The summed E-state index contributed by atoms with van der Waals surface area (Å²) in [5.41, 5.74) is 0. The predicted octanol–water partition coefficient (Wildman–Crippen LogP) is 1.08. The molecule has 0 saturated carbocycles. The molecule has 13 heavy (non-hydrogen) atoms. The smallest absolute Gasteiger partial charge is 0.314 e. The minimum absolute atomic E-state index is 0.0458. The first-order chi connectivity index (χ1) is 6.22. The quantitative estimate of drug-likeness (QED) is 0.720. The molecule has 0 unspecified atom stereocenters. The van der Waals surface area contributed by atoms with E-state index in [0.717, 1.165) is 25.9 Å². The topological polar surface area (TPSA) is 44.4 Å². The van der Waals surface area contributed by atoms with Crippen molar-refractivity contribution < 1.29 is 4.79 Å². The summed E-state index contributed by atoms with van der Waals surface area (Å²) in [6, 6.07) is 0.288. The van der Waals surface area contributed by atoms with E-state index in [4.69, 9.17) is 0 Å². The van der Waals surface area contributed by atoms with Gasteiger partial charge in [-0.15, -0.1) is 0 Å². The molecule has 1 heterocycles. The lowest BCUT2D eigenvalue weighted by Gasteiger charge is -2.27. The summed E-state index contributed by atoms with van der Waals surface area (Å²) in [6.07, 6.45) is 2.03. The van der Waals surface area contributed by atoms with Crippen LogP contribution in [0.15, 0.2) is 0 Å². The van der Waals surface area contributed by atoms with Crippen molar-refractivity contribution in [1.82, 2.24) is 14.6 Å². The van der Waals surface area contributed by atoms with Crippen molar-refractivity contribution in [3.05, 3.63) is 0 Å². The maximum atomic E-state index is 11.1. The third-order valence-corrected chi connectivity index (χ3v) is 2.82. The van der Waals surface area contributed by atoms with Crippen molar-refractivity contribution in [2.24, 2.45) is 0 Å². The van der Waals surface area contributed by atoms with Crippen molar-refractivity contribution in [2.75, 3.05) is 19.6 Å². The number of rotatable bonds is 2. The normalized spacial score (nSPS) is 19.8. The van der Waals surface area contributed by atoms with Gasteiger partial charge in [0.05, 0.1) is 0 Å². The second-order valence-electron chi connectivity index (χ2n) is 3.19. The van der Waals surface area contributed by atoms with Gasteiger partial charge in [0.15, 0.2) is 0 Å². The van der Waals surface area contributed by atoms with Crippen molar-refractivity contribution in [3.8, 4) is 0 Å². The van der Waals surface area contributed by atoms with E-state index in [9.17, 15) is 4.79 Å². The summed E-state index contributed by atoms with van der Waals surface area (Å²) < 4.78 is 2.10. The number of halogens is 1. The van der Waals surface area contributed by atoms with Crippen LogP contribution in [0.1, 0.15) is 19.8 Å². The lowest BCUT2D eigenvalue weighted by atomic mass is 10.1. The zero-order chi connectivity index (χ0) is 9.68. The molecule has 0 aromatic heterocycles. The zero-order valence-electron chi connectivity index (χ0n) is 7.85. The van der Waals surface area contributed by atoms with Gasteiger partial charge in [0, 0.05) is 41.8 Å². The third kappa shape index (κ3) is 3.95. The molecule has 1 rings (SSSR count). The van der Waals surface area contributed by atoms with Crippen molar-refractivity contribution >= 4 is 22.2 Å². The average molecular weight is 250 g/mol. The van der Waals surface area contributed by atoms with Crippen LogP contribution in [0.25, 0.3) is 0 Å². The van der Waals surface area contributed by atoms with Crippen molar-refractivity contribution in [1.29, 1.82) is 0 Å². The number of carbonyl (C=O) groups is 1. The van der Waals surface area contributed by atoms with Crippen molar-refractivity contribution in [2.45, 2.75) is 25.8 Å². The molecule has 1 aliphatic rings. The number of nitrogens with zero attached hydrogens (tertiary/aromatic N) is 1. The Bertz CT molecular complexity index is 169. The van der Waals surface area contributed by atoms with Crippen LogP contribution in [0.5, 0.6) is 0 Å². The van der Waals surface area contributed by atoms with Gasteiger partial charge in [0.2, 0.25) is 0 Å². The van der Waals surface area contributed by atoms with E-state index in [0.29, 0.717) is 12.6 Å². The number of hydrogen-bond donors (Lipinski definition) is 2. The Morgan fingerprint density at radius 1 is 1.54 bits per heavy atom. The molecule has 1 fully saturated rings. The van der Waals surface area contributed by atoms with Gasteiger partial charge in [-0.3, -0.25) is 0 Å². The van der Waals surface area contributed by atoms with Crippen molar-refractivity contribution in [3.63, 3.8) is 0 Å². The van der Waals surface area contributed by atoms with Crippen LogP contribution in [-0.2, 0) is 0 Å². The molecular formula is C8H16BrN3O. The molecule has 0 atom stereocenters. The molecule has 1 aliphatic heterocycles. The summed E-state index contributed by atoms with van der Waals surface area (Å²) in [6.45, 7) is 4.60. The zero-order valence-corrected chi connectivity index (χ0v) is 9.43. The first kappa shape index (κ1) is 10.8. The van der Waals surface area contributed by atoms with Crippen LogP contribution in [0.2, 0.25) is 0 Å². The molecule has 0 aliphatic carbocycles. The Kier molecular flexibility index (Phi) is 4.52. The highest BCUT2D eigenvalue weighted by molar-refractivity contribution is 9.07. The van der Waals surface area contributed by atoms with Crippen LogP contribution in [0.3, 0.4) is 0 Å². The van der Waals surface area contributed by atoms with E-state index in [1.807, 2.05) is 6.92 Å². The van der Waals surface area contributed by atoms with Crippen LogP contribution < -0.4 is 10.6 Å². The molecule has 0 aromatic carbocycles. The number of nitrogens with one attached hydrogen (secondary N) is 2. The Labute approximate surface area is 87.4 Å². The molecule has 5 heteroatoms. The van der Waals surface area contributed by atoms with E-state index in [-0.39, 0.29) is 6.03 Å². The van der Waals surface area contributed by atoms with Gasteiger partial charge in [-0.05, 0) is 19.8 Å². The minimum Gasteiger partial charge on any atom is -0.338 e. The van der Waals surface area contributed by atoms with Gasteiger partial charge in [-0.25, -0.2) is 8.72 Å². The molecule has 2 amide bonds. The summed E-state index contributed by atoms with van der Waals surface area (Å²) >= 11 is 3.42. The van der Waals surface area contributed by atoms with Gasteiger partial charge < -0.3 is 10.6 Å². The summed E-state index contributed by atoms with van der Waals surface area (Å²) in [7, 11) is 0. The van der Waals surface area contributed by atoms with Gasteiger partial charge in [0.25, 0.3) is 0 Å². The van der Waals surface area contributed by atoms with E-state index in [1.54, 1.807) is 0 Å². The van der Waals surface area contributed by atoms with E-state index < -0.39 is 0 Å². The molecule has 0 aromatic rings. The molecule has 4 nitrogen and oxygen atoms in total. The molecule has 1 saturated heterocycles. The lowest BCUT2D eigenvalue weighted by molar-refractivity contribution is 0.230. The molecule has 2 N–H and O–H groups in total. The second-order valence-corrected chi connectivity index (χ2v) is 4.19. The van der Waals surface area contributed by atoms with E-state index in [2.05, 4.69) is 30.7 Å². The minimum atomic E-state index is -0.0458. The number of hydrogen-bond acceptors (Lipinski definition) is 2. The Morgan fingerprint density at radius 3 is 2.69 bits per heavy atom. The fraction of sp³-hybridized carbons (Fsp3) is 0.875. The van der Waals surface area contributed by atoms with E-state index in [1.165, 1.54) is 0 Å². The van der Waals surface area contributed by atoms with Gasteiger partial charge in [-0.2, -0.15) is 0 Å². The molecule has 0 bridgehead atoms. The number of amides is 2. The number of urea groups is 1. The lowest BCUT2D eigenvalue weighted by Crippen LogP contribution is -2.46. The van der Waals surface area contributed by atoms with Gasteiger partial charge >= 0.3 is 6.03 Å². The highest BCUT2D eigenvalue weighted by atomic mass is 79.9. The van der Waals surface area contributed by atoms with Crippen LogP contribution in [0, 0.1) is 0 Å². The highest BCUT2D eigenvalue weighted by Crippen LogP contribution is 2.12. The van der Waals surface area contributed by atoms with E-state index >= 15 is 0 Å². The Morgan fingerprint density at radius 2 is 2.15 bits per heavy atom. The SMILES string of the molecule is CCNC(=O)NC1CCN(Br)CC1. The third-order valence-electron chi connectivity index (χ3n) is 2.11. The summed E-state index contributed by atoms with van der Waals surface area (Å²) in [5.74, 6) is 0. The summed E-state index contributed by atoms with van der Waals surface area (Å²) in [5, 5.41) is 5.67. The summed E-state index contributed by atoms with van der Waals surface area (Å²) in [4.78, 5) is 11.1. The number of piperidine rings is 1. The Balaban J connectivity index is 2.18. The van der Waals surface area contributed by atoms with Crippen LogP contribution in [0.4, 0.5) is 4.79 Å². The Hall–Kier alpha value is -0.290.